The van der Waals surface area contributed by atoms with Gasteiger partial charge in [0, 0.05) is 13.3 Å². The summed E-state index contributed by atoms with van der Waals surface area (Å²) in [6, 6.07) is 0. The molecular weight excluding hydrogens is 176 g/mol. The second-order valence-corrected chi connectivity index (χ2v) is 3.16. The molecule has 0 aromatic rings. The summed E-state index contributed by atoms with van der Waals surface area (Å²) in [6.45, 7) is 3.57. The van der Waals surface area contributed by atoms with Gasteiger partial charge in [-0.1, -0.05) is 24.6 Å². The van der Waals surface area contributed by atoms with Crippen molar-refractivity contribution in [3.05, 3.63) is 23.8 Å². The molecule has 74 valence electrons. The average Bonchev–Trinajstić information content (AvgIpc) is 2.18. The van der Waals surface area contributed by atoms with E-state index in [4.69, 9.17) is 0 Å². The molecule has 0 spiro atoms. The summed E-state index contributed by atoms with van der Waals surface area (Å²) in [6.07, 6.45) is 9.06. The molecule has 0 heterocycles. The van der Waals surface area contributed by atoms with Crippen LogP contribution in [0.25, 0.3) is 0 Å². The number of hydrogen-bond donors (Lipinski definition) is 0. The van der Waals surface area contributed by atoms with Crippen LogP contribution in [0.4, 0.5) is 0 Å². The van der Waals surface area contributed by atoms with Gasteiger partial charge in [0.25, 0.3) is 0 Å². The zero-order chi connectivity index (χ0) is 10.4. The first-order valence-corrected chi connectivity index (χ1v) is 4.69. The number of carbonyl (C=O) groups is 1. The van der Waals surface area contributed by atoms with Crippen LogP contribution in [-0.4, -0.2) is 17.7 Å². The second kappa shape index (κ2) is 5.27. The molecule has 14 heavy (non-hydrogen) atoms. The van der Waals surface area contributed by atoms with E-state index in [2.05, 4.69) is 23.2 Å². The number of Topliss-reactive ketones (excluding diaryl/α,β-unsaturated/α-hetero) is 1. The average molecular weight is 190 g/mol. The van der Waals surface area contributed by atoms with E-state index >= 15 is 0 Å². The lowest BCUT2D eigenvalue weighted by Crippen LogP contribution is -1.99. The molecule has 0 bridgehead atoms. The van der Waals surface area contributed by atoms with Crippen molar-refractivity contribution in [2.45, 2.75) is 26.7 Å². The minimum absolute atomic E-state index is 0.0830. The van der Waals surface area contributed by atoms with Crippen LogP contribution in [-0.2, 0) is 4.79 Å². The Labute approximate surface area is 83.9 Å². The number of ketones is 1. The molecule has 1 rings (SSSR count). The highest BCUT2D eigenvalue weighted by atomic mass is 16.1. The third-order valence-corrected chi connectivity index (χ3v) is 1.91. The number of carbonyl (C=O) groups excluding carboxylic acids is 1. The van der Waals surface area contributed by atoms with E-state index in [1.807, 2.05) is 12.2 Å². The molecule has 1 aliphatic carbocycles. The van der Waals surface area contributed by atoms with Gasteiger partial charge in [-0.2, -0.15) is 10.2 Å². The Hall–Kier alpha value is -1.51. The number of hydrogen-bond acceptors (Lipinski definition) is 3. The highest BCUT2D eigenvalue weighted by molar-refractivity contribution is 6.26. The van der Waals surface area contributed by atoms with Crippen molar-refractivity contribution in [1.29, 1.82) is 0 Å². The first kappa shape index (κ1) is 10.6. The van der Waals surface area contributed by atoms with E-state index < -0.39 is 0 Å². The lowest BCUT2D eigenvalue weighted by molar-refractivity contribution is -0.110. The maximum absolute atomic E-state index is 10.6. The molecule has 0 aromatic heterocycles. The Morgan fingerprint density at radius 3 is 3.07 bits per heavy atom. The summed E-state index contributed by atoms with van der Waals surface area (Å²) < 4.78 is 0. The zero-order valence-electron chi connectivity index (χ0n) is 8.53. The summed E-state index contributed by atoms with van der Waals surface area (Å²) in [5.41, 5.74) is 2.24. The Kier molecular flexibility index (Phi) is 3.98. The van der Waals surface area contributed by atoms with Crippen LogP contribution < -0.4 is 0 Å². The van der Waals surface area contributed by atoms with Crippen molar-refractivity contribution in [3.63, 3.8) is 0 Å². The molecule has 3 nitrogen and oxygen atoms in total. The molecule has 0 aromatic carbocycles. The van der Waals surface area contributed by atoms with Crippen molar-refractivity contribution in [3.8, 4) is 0 Å². The van der Waals surface area contributed by atoms with E-state index in [1.54, 1.807) is 0 Å². The molecule has 0 N–H and O–H groups in total. The number of rotatable bonds is 3. The van der Waals surface area contributed by atoms with Gasteiger partial charge in [-0.05, 0) is 12.5 Å². The molecule has 0 atom stereocenters. The van der Waals surface area contributed by atoms with E-state index in [0.29, 0.717) is 0 Å². The first-order chi connectivity index (χ1) is 6.72. The Balaban J connectivity index is 2.60. The van der Waals surface area contributed by atoms with Crippen LogP contribution in [0.15, 0.2) is 34.0 Å². The fraction of sp³-hybridized carbons (Fsp3) is 0.364. The predicted octanol–water partition coefficient (Wildman–Crippen LogP) is 2.30. The molecule has 0 amide bonds. The lowest BCUT2D eigenvalue weighted by Gasteiger charge is -2.06. The predicted molar refractivity (Wildman–Crippen MR) is 58.7 cm³/mol. The first-order valence-electron chi connectivity index (χ1n) is 4.69. The van der Waals surface area contributed by atoms with E-state index in [1.165, 1.54) is 18.7 Å². The van der Waals surface area contributed by atoms with Crippen molar-refractivity contribution in [1.82, 2.24) is 0 Å². The van der Waals surface area contributed by atoms with Crippen LogP contribution in [0, 0.1) is 0 Å². The third kappa shape index (κ3) is 3.47. The lowest BCUT2D eigenvalue weighted by atomic mass is 10.0. The van der Waals surface area contributed by atoms with Gasteiger partial charge in [-0.15, -0.1) is 0 Å². The topological polar surface area (TPSA) is 41.8 Å². The smallest absolute Gasteiger partial charge is 0.172 e. The van der Waals surface area contributed by atoms with Gasteiger partial charge in [-0.25, -0.2) is 0 Å². The highest BCUT2D eigenvalue weighted by Gasteiger charge is 2.02. The third-order valence-electron chi connectivity index (χ3n) is 1.91. The van der Waals surface area contributed by atoms with Crippen LogP contribution in [0.2, 0.25) is 0 Å². The molecule has 0 aliphatic heterocycles. The molecule has 0 unspecified atom stereocenters. The summed E-state index contributed by atoms with van der Waals surface area (Å²) >= 11 is 0. The van der Waals surface area contributed by atoms with Crippen molar-refractivity contribution >= 4 is 17.7 Å². The maximum Gasteiger partial charge on any atom is 0.172 e. The van der Waals surface area contributed by atoms with Gasteiger partial charge in [0.05, 0.1) is 11.9 Å². The van der Waals surface area contributed by atoms with Crippen LogP contribution in [0.5, 0.6) is 0 Å². The maximum atomic E-state index is 10.6. The second-order valence-electron chi connectivity index (χ2n) is 3.16. The molecular formula is C11H14N2O. The Bertz CT molecular complexity index is 335. The molecule has 0 saturated carbocycles. The Morgan fingerprint density at radius 1 is 1.64 bits per heavy atom. The van der Waals surface area contributed by atoms with E-state index in [-0.39, 0.29) is 5.78 Å². The number of allylic oxidation sites excluding steroid dienone is 4. The normalized spacial score (nSPS) is 19.0. The quantitative estimate of drug-likeness (QED) is 0.497. The van der Waals surface area contributed by atoms with Crippen LogP contribution in [0.1, 0.15) is 26.7 Å². The fourth-order valence-corrected chi connectivity index (χ4v) is 1.14. The molecule has 0 radical (unpaired) electrons. The molecule has 0 saturated heterocycles. The van der Waals surface area contributed by atoms with Crippen molar-refractivity contribution in [2.24, 2.45) is 10.2 Å². The van der Waals surface area contributed by atoms with Crippen LogP contribution in [0.3, 0.4) is 0 Å². The molecule has 0 fully saturated rings. The molecule has 3 heteroatoms. The monoisotopic (exact) mass is 190 g/mol. The number of nitrogens with zero attached hydrogens (tertiary/aromatic N) is 2. The highest BCUT2D eigenvalue weighted by Crippen LogP contribution is 2.13. The minimum Gasteiger partial charge on any atom is -0.293 e. The fourth-order valence-electron chi connectivity index (χ4n) is 1.14. The van der Waals surface area contributed by atoms with Crippen LogP contribution >= 0.6 is 0 Å². The van der Waals surface area contributed by atoms with Gasteiger partial charge in [0.2, 0.25) is 0 Å². The van der Waals surface area contributed by atoms with Gasteiger partial charge < -0.3 is 0 Å². The SMILES string of the molecule is CCC1=CC=C/C(=N/N=C/C(C)=O)C1. The summed E-state index contributed by atoms with van der Waals surface area (Å²) in [4.78, 5) is 10.6. The van der Waals surface area contributed by atoms with Gasteiger partial charge >= 0.3 is 0 Å². The Morgan fingerprint density at radius 2 is 2.43 bits per heavy atom. The largest absolute Gasteiger partial charge is 0.293 e. The molecule has 1 aliphatic rings. The zero-order valence-corrected chi connectivity index (χ0v) is 8.53. The summed E-state index contributed by atoms with van der Waals surface area (Å²) in [5.74, 6) is -0.0830. The van der Waals surface area contributed by atoms with Gasteiger partial charge in [0.1, 0.15) is 0 Å². The summed E-state index contributed by atoms with van der Waals surface area (Å²) in [7, 11) is 0. The van der Waals surface area contributed by atoms with E-state index in [9.17, 15) is 4.79 Å². The van der Waals surface area contributed by atoms with E-state index in [0.717, 1.165) is 18.6 Å². The van der Waals surface area contributed by atoms with Gasteiger partial charge in [-0.3, -0.25) is 4.79 Å². The summed E-state index contributed by atoms with van der Waals surface area (Å²) in [5, 5.41) is 7.66. The van der Waals surface area contributed by atoms with Crippen molar-refractivity contribution in [2.75, 3.05) is 0 Å². The van der Waals surface area contributed by atoms with Gasteiger partial charge in [0.15, 0.2) is 5.78 Å². The van der Waals surface area contributed by atoms with Crippen molar-refractivity contribution < 1.29 is 4.79 Å². The standard InChI is InChI=1S/C11H14N2O/c1-3-10-5-4-6-11(7-10)13-12-8-9(2)14/h4-6,8H,3,7H2,1-2H3/b12-8+,13-11-. The minimum atomic E-state index is -0.0830.